The summed E-state index contributed by atoms with van der Waals surface area (Å²) >= 11 is 0. The van der Waals surface area contributed by atoms with Gasteiger partial charge in [0.15, 0.2) is 0 Å². The molecule has 0 aliphatic carbocycles. The van der Waals surface area contributed by atoms with E-state index in [1.54, 1.807) is 0 Å². The zero-order chi connectivity index (χ0) is 15.6. The molecule has 0 saturated carbocycles. The maximum atomic E-state index is 9.26. The van der Waals surface area contributed by atoms with Gasteiger partial charge in [-0.1, -0.05) is 71.6 Å². The van der Waals surface area contributed by atoms with Crippen LogP contribution in [0.4, 0.5) is 0 Å². The molecule has 0 saturated heterocycles. The molecule has 0 unspecified atom stereocenters. The van der Waals surface area contributed by atoms with Crippen molar-refractivity contribution in [1.29, 1.82) is 0 Å². The molecule has 122 valence electrons. The van der Waals surface area contributed by atoms with Gasteiger partial charge in [0.2, 0.25) is 0 Å². The van der Waals surface area contributed by atoms with Crippen LogP contribution in [0, 0.1) is 0 Å². The molecule has 0 aromatic carbocycles. The molecule has 0 radical (unpaired) electrons. The third kappa shape index (κ3) is 33.3. The number of aliphatic carboxylic acids is 1. The Morgan fingerprint density at radius 2 is 1.14 bits per heavy atom. The van der Waals surface area contributed by atoms with Crippen molar-refractivity contribution in [3.05, 3.63) is 0 Å². The Morgan fingerprint density at radius 1 is 0.810 bits per heavy atom. The van der Waals surface area contributed by atoms with Gasteiger partial charge in [0.1, 0.15) is 0 Å². The van der Waals surface area contributed by atoms with Crippen molar-refractivity contribution in [2.24, 2.45) is 0 Å². The van der Waals surface area contributed by atoms with E-state index in [0.717, 1.165) is 0 Å². The minimum Gasteiger partial charge on any atom is -0.550 e. The van der Waals surface area contributed by atoms with Crippen LogP contribution in [0.5, 0.6) is 0 Å². The van der Waals surface area contributed by atoms with Crippen LogP contribution in [0.15, 0.2) is 0 Å². The predicted molar refractivity (Wildman–Crippen MR) is 85.7 cm³/mol. The standard InChI is InChI=1S/C14H31N.C3H6O2.Na/c1-4-5-6-7-8-9-10-11-12-13-14-15(2)3;1-2-3(4)5;/h4-14H2,1-3H3;2H2,1H3,(H,4,5);/q;;+1/p-1. The first-order valence-electron chi connectivity index (χ1n) is 8.39. The first-order chi connectivity index (χ1) is 9.54. The summed E-state index contributed by atoms with van der Waals surface area (Å²) in [5.41, 5.74) is 0. The molecule has 0 aromatic rings. The van der Waals surface area contributed by atoms with Crippen molar-refractivity contribution in [3.63, 3.8) is 0 Å². The number of hydrogen-bond donors (Lipinski definition) is 0. The van der Waals surface area contributed by atoms with Crippen molar-refractivity contribution >= 4 is 5.97 Å². The maximum absolute atomic E-state index is 9.26. The molecule has 0 amide bonds. The minimum atomic E-state index is -0.995. The number of carboxylic acid groups (broad SMARTS) is 1. The molecule has 0 heterocycles. The molecule has 0 fully saturated rings. The van der Waals surface area contributed by atoms with Gasteiger partial charge in [-0.25, -0.2) is 0 Å². The molecular weight excluding hydrogens is 273 g/mol. The van der Waals surface area contributed by atoms with E-state index in [2.05, 4.69) is 25.9 Å². The van der Waals surface area contributed by atoms with Crippen molar-refractivity contribution in [1.82, 2.24) is 4.90 Å². The molecule has 3 nitrogen and oxygen atoms in total. The summed E-state index contributed by atoms with van der Waals surface area (Å²) in [6.45, 7) is 5.08. The number of hydrogen-bond acceptors (Lipinski definition) is 3. The van der Waals surface area contributed by atoms with Gasteiger partial charge in [-0.05, 0) is 33.5 Å². The largest absolute Gasteiger partial charge is 1.00 e. The van der Waals surface area contributed by atoms with Crippen LogP contribution >= 0.6 is 0 Å². The predicted octanol–water partition coefficient (Wildman–Crippen LogP) is 0.619. The van der Waals surface area contributed by atoms with Gasteiger partial charge in [0.05, 0.1) is 0 Å². The number of unbranched alkanes of at least 4 members (excludes halogenated alkanes) is 9. The van der Waals surface area contributed by atoms with Gasteiger partial charge >= 0.3 is 29.6 Å². The maximum Gasteiger partial charge on any atom is 1.00 e. The van der Waals surface area contributed by atoms with Crippen LogP contribution in [-0.2, 0) is 4.79 Å². The van der Waals surface area contributed by atoms with E-state index >= 15 is 0 Å². The van der Waals surface area contributed by atoms with Crippen LogP contribution in [0.3, 0.4) is 0 Å². The topological polar surface area (TPSA) is 43.4 Å². The van der Waals surface area contributed by atoms with Gasteiger partial charge in [-0.3, -0.25) is 0 Å². The Bertz CT molecular complexity index is 199. The minimum absolute atomic E-state index is 0. The van der Waals surface area contributed by atoms with E-state index in [-0.39, 0.29) is 36.0 Å². The van der Waals surface area contributed by atoms with E-state index in [4.69, 9.17) is 0 Å². The van der Waals surface area contributed by atoms with Crippen molar-refractivity contribution < 1.29 is 39.5 Å². The first kappa shape index (κ1) is 26.3. The van der Waals surface area contributed by atoms with Gasteiger partial charge in [0.25, 0.3) is 0 Å². The van der Waals surface area contributed by atoms with Crippen LogP contribution in [-0.4, -0.2) is 31.5 Å². The normalized spacial score (nSPS) is 9.76. The monoisotopic (exact) mass is 309 g/mol. The van der Waals surface area contributed by atoms with Crippen molar-refractivity contribution in [2.75, 3.05) is 20.6 Å². The van der Waals surface area contributed by atoms with Gasteiger partial charge < -0.3 is 14.8 Å². The fourth-order valence-corrected chi connectivity index (χ4v) is 1.92. The summed E-state index contributed by atoms with van der Waals surface area (Å²) < 4.78 is 0. The van der Waals surface area contributed by atoms with E-state index in [9.17, 15) is 9.90 Å². The summed E-state index contributed by atoms with van der Waals surface area (Å²) in [4.78, 5) is 11.5. The van der Waals surface area contributed by atoms with Crippen LogP contribution in [0.1, 0.15) is 84.5 Å². The summed E-state index contributed by atoms with van der Waals surface area (Å²) in [7, 11) is 4.32. The number of rotatable bonds is 12. The summed E-state index contributed by atoms with van der Waals surface area (Å²) in [5.74, 6) is -0.995. The van der Waals surface area contributed by atoms with E-state index in [1.807, 2.05) is 0 Å². The molecule has 0 aliphatic rings. The third-order valence-electron chi connectivity index (χ3n) is 3.25. The second-order valence-electron chi connectivity index (χ2n) is 5.71. The summed E-state index contributed by atoms with van der Waals surface area (Å²) in [6, 6.07) is 0. The quantitative estimate of drug-likeness (QED) is 0.392. The number of carbonyl (C=O) groups excluding carboxylic acids is 1. The number of nitrogens with zero attached hydrogens (tertiary/aromatic N) is 1. The van der Waals surface area contributed by atoms with Crippen LogP contribution in [0.2, 0.25) is 0 Å². The number of carboxylic acids is 1. The van der Waals surface area contributed by atoms with Crippen LogP contribution in [0.25, 0.3) is 0 Å². The summed E-state index contributed by atoms with van der Waals surface area (Å²) in [6.07, 6.45) is 14.5. The average Bonchev–Trinajstić information content (AvgIpc) is 2.41. The summed E-state index contributed by atoms with van der Waals surface area (Å²) in [5, 5.41) is 9.26. The fraction of sp³-hybridized carbons (Fsp3) is 0.941. The molecule has 0 bridgehead atoms. The molecule has 0 aromatic heterocycles. The third-order valence-corrected chi connectivity index (χ3v) is 3.25. The van der Waals surface area contributed by atoms with Crippen LogP contribution < -0.4 is 34.7 Å². The van der Waals surface area contributed by atoms with E-state index in [1.165, 1.54) is 77.7 Å². The van der Waals surface area contributed by atoms with E-state index in [0.29, 0.717) is 0 Å². The smallest absolute Gasteiger partial charge is 0.550 e. The Balaban J connectivity index is -0.000000465. The zero-order valence-corrected chi connectivity index (χ0v) is 17.2. The second-order valence-corrected chi connectivity index (χ2v) is 5.71. The zero-order valence-electron chi connectivity index (χ0n) is 15.2. The second kappa shape index (κ2) is 22.7. The Hall–Kier alpha value is 0.430. The molecule has 0 aliphatic heterocycles. The Kier molecular flexibility index (Phi) is 28.5. The SMILES string of the molecule is CCC(=O)[O-].CCCCCCCCCCCCN(C)C.[Na+]. The first-order valence-corrected chi connectivity index (χ1v) is 8.39. The molecule has 0 atom stereocenters. The van der Waals surface area contributed by atoms with E-state index < -0.39 is 5.97 Å². The molecule has 4 heteroatoms. The Morgan fingerprint density at radius 3 is 1.43 bits per heavy atom. The molecule has 0 N–H and O–H groups in total. The average molecular weight is 309 g/mol. The molecule has 21 heavy (non-hydrogen) atoms. The molecular formula is C17H36NNaO2. The van der Waals surface area contributed by atoms with Gasteiger partial charge in [-0.15, -0.1) is 0 Å². The van der Waals surface area contributed by atoms with Crippen molar-refractivity contribution in [2.45, 2.75) is 84.5 Å². The molecule has 0 spiro atoms. The van der Waals surface area contributed by atoms with Gasteiger partial charge in [-0.2, -0.15) is 0 Å². The van der Waals surface area contributed by atoms with Crippen molar-refractivity contribution in [3.8, 4) is 0 Å². The molecule has 0 rings (SSSR count). The number of carbonyl (C=O) groups is 1. The Labute approximate surface area is 155 Å². The van der Waals surface area contributed by atoms with Gasteiger partial charge in [0, 0.05) is 5.97 Å². The fourth-order valence-electron chi connectivity index (χ4n) is 1.92.